The zero-order chi connectivity index (χ0) is 13.3. The lowest BCUT2D eigenvalue weighted by molar-refractivity contribution is -0.144. The fraction of sp³-hybridized carbons (Fsp3) is 0.667. The van der Waals surface area contributed by atoms with Crippen molar-refractivity contribution >= 4 is 5.97 Å². The van der Waals surface area contributed by atoms with Crippen LogP contribution in [0.4, 0.5) is 0 Å². The summed E-state index contributed by atoms with van der Waals surface area (Å²) in [7, 11) is 0. The summed E-state index contributed by atoms with van der Waals surface area (Å²) in [5, 5.41) is 0. The first-order chi connectivity index (χ1) is 7.97. The smallest absolute Gasteiger partial charge is 0.305 e. The van der Waals surface area contributed by atoms with Crippen LogP contribution in [0.3, 0.4) is 0 Å². The van der Waals surface area contributed by atoms with Crippen LogP contribution >= 0.6 is 0 Å². The van der Waals surface area contributed by atoms with Gasteiger partial charge < -0.3 is 4.74 Å². The van der Waals surface area contributed by atoms with Crippen LogP contribution in [-0.4, -0.2) is 12.6 Å². The summed E-state index contributed by atoms with van der Waals surface area (Å²) in [6.07, 6.45) is 5.53. The van der Waals surface area contributed by atoms with Crippen molar-refractivity contribution in [3.63, 3.8) is 0 Å². The van der Waals surface area contributed by atoms with E-state index < -0.39 is 0 Å². The Morgan fingerprint density at radius 2 is 2.00 bits per heavy atom. The van der Waals surface area contributed by atoms with Crippen molar-refractivity contribution in [3.05, 3.63) is 23.8 Å². The van der Waals surface area contributed by atoms with Crippen LogP contribution in [0.25, 0.3) is 0 Å². The van der Waals surface area contributed by atoms with Crippen LogP contribution in [0.1, 0.15) is 53.4 Å². The maximum Gasteiger partial charge on any atom is 0.305 e. The quantitative estimate of drug-likeness (QED) is 0.466. The largest absolute Gasteiger partial charge is 0.465 e. The molecular weight excluding hydrogens is 212 g/mol. The van der Waals surface area contributed by atoms with E-state index in [0.717, 1.165) is 24.8 Å². The number of hydrogen-bond donors (Lipinski definition) is 0. The van der Waals surface area contributed by atoms with E-state index in [2.05, 4.69) is 33.4 Å². The molecule has 17 heavy (non-hydrogen) atoms. The molecule has 0 saturated heterocycles. The van der Waals surface area contributed by atoms with Gasteiger partial charge in [-0.3, -0.25) is 4.79 Å². The van der Waals surface area contributed by atoms with Crippen LogP contribution in [0, 0.1) is 5.92 Å². The molecule has 0 fully saturated rings. The summed E-state index contributed by atoms with van der Waals surface area (Å²) in [5.41, 5.74) is 2.36. The minimum atomic E-state index is -0.0877. The Bertz CT molecular complexity index is 273. The number of esters is 1. The summed E-state index contributed by atoms with van der Waals surface area (Å²) < 4.78 is 5.27. The van der Waals surface area contributed by atoms with Gasteiger partial charge in [-0.15, -0.1) is 0 Å². The van der Waals surface area contributed by atoms with Gasteiger partial charge in [0.05, 0.1) is 6.61 Å². The average Bonchev–Trinajstić information content (AvgIpc) is 2.25. The van der Waals surface area contributed by atoms with E-state index in [4.69, 9.17) is 4.74 Å². The second-order valence-electron chi connectivity index (χ2n) is 4.85. The molecular formula is C15H26O2. The van der Waals surface area contributed by atoms with E-state index in [1.54, 1.807) is 0 Å². The third-order valence-electron chi connectivity index (χ3n) is 2.69. The van der Waals surface area contributed by atoms with Gasteiger partial charge in [0, 0.05) is 12.3 Å². The molecule has 0 rings (SSSR count). The van der Waals surface area contributed by atoms with Crippen LogP contribution in [0.15, 0.2) is 23.8 Å². The Morgan fingerprint density at radius 1 is 1.35 bits per heavy atom. The lowest BCUT2D eigenvalue weighted by Crippen LogP contribution is -2.14. The molecule has 0 aliphatic heterocycles. The molecule has 0 radical (unpaired) electrons. The molecule has 0 aromatic rings. The van der Waals surface area contributed by atoms with E-state index in [1.807, 2.05) is 6.92 Å². The van der Waals surface area contributed by atoms with Crippen molar-refractivity contribution < 1.29 is 9.53 Å². The van der Waals surface area contributed by atoms with Gasteiger partial charge in [0.25, 0.3) is 0 Å². The maximum absolute atomic E-state index is 11.4. The summed E-state index contributed by atoms with van der Waals surface area (Å²) in [6, 6.07) is 0. The SMILES string of the molecule is C=C(C)C(CC=C(C)C)COC(=O)CCCC. The maximum atomic E-state index is 11.4. The standard InChI is InChI=1S/C15H26O2/c1-6-7-8-15(16)17-11-14(13(4)5)10-9-12(2)3/h9,14H,4,6-8,10-11H2,1-3,5H3. The lowest BCUT2D eigenvalue weighted by Gasteiger charge is -2.15. The minimum Gasteiger partial charge on any atom is -0.465 e. The Morgan fingerprint density at radius 3 is 2.47 bits per heavy atom. The van der Waals surface area contributed by atoms with Crippen molar-refractivity contribution in [2.45, 2.75) is 53.4 Å². The number of allylic oxidation sites excluding steroid dienone is 2. The molecule has 0 spiro atoms. The Hall–Kier alpha value is -1.05. The Balaban J connectivity index is 4.05. The highest BCUT2D eigenvalue weighted by molar-refractivity contribution is 5.69. The Kier molecular flexibility index (Phi) is 8.47. The van der Waals surface area contributed by atoms with Crippen LogP contribution in [-0.2, 0) is 9.53 Å². The second-order valence-corrected chi connectivity index (χ2v) is 4.85. The number of rotatable bonds is 8. The molecule has 0 aliphatic rings. The highest BCUT2D eigenvalue weighted by Crippen LogP contribution is 2.16. The zero-order valence-corrected chi connectivity index (χ0v) is 11.7. The van der Waals surface area contributed by atoms with Crippen molar-refractivity contribution in [1.29, 1.82) is 0 Å². The molecule has 1 atom stereocenters. The van der Waals surface area contributed by atoms with E-state index in [1.165, 1.54) is 5.57 Å². The lowest BCUT2D eigenvalue weighted by atomic mass is 9.98. The molecule has 0 aliphatic carbocycles. The topological polar surface area (TPSA) is 26.3 Å². The van der Waals surface area contributed by atoms with Crippen LogP contribution < -0.4 is 0 Å². The van der Waals surface area contributed by atoms with E-state index in [9.17, 15) is 4.79 Å². The average molecular weight is 238 g/mol. The fourth-order valence-electron chi connectivity index (χ4n) is 1.38. The molecule has 0 amide bonds. The van der Waals surface area contributed by atoms with Crippen molar-refractivity contribution in [3.8, 4) is 0 Å². The third-order valence-corrected chi connectivity index (χ3v) is 2.69. The van der Waals surface area contributed by atoms with Crippen molar-refractivity contribution in [1.82, 2.24) is 0 Å². The number of hydrogen-bond acceptors (Lipinski definition) is 2. The normalized spacial score (nSPS) is 11.8. The Labute approximate surface area is 106 Å². The van der Waals surface area contributed by atoms with E-state index in [-0.39, 0.29) is 11.9 Å². The second kappa shape index (κ2) is 9.03. The predicted octanol–water partition coefficient (Wildman–Crippen LogP) is 4.27. The van der Waals surface area contributed by atoms with Gasteiger partial charge in [-0.1, -0.05) is 37.1 Å². The third kappa shape index (κ3) is 8.73. The summed E-state index contributed by atoms with van der Waals surface area (Å²) in [5.74, 6) is 0.158. The van der Waals surface area contributed by atoms with Crippen LogP contribution in [0.5, 0.6) is 0 Å². The minimum absolute atomic E-state index is 0.0877. The molecule has 1 unspecified atom stereocenters. The molecule has 2 nitrogen and oxygen atoms in total. The molecule has 0 saturated carbocycles. The molecule has 0 N–H and O–H groups in total. The van der Waals surface area contributed by atoms with E-state index in [0.29, 0.717) is 13.0 Å². The molecule has 98 valence electrons. The molecule has 0 aromatic heterocycles. The van der Waals surface area contributed by atoms with E-state index >= 15 is 0 Å². The van der Waals surface area contributed by atoms with Crippen molar-refractivity contribution in [2.24, 2.45) is 5.92 Å². The number of carbonyl (C=O) groups excluding carboxylic acids is 1. The molecule has 0 bridgehead atoms. The summed E-state index contributed by atoms with van der Waals surface area (Å²) in [4.78, 5) is 11.4. The molecule has 2 heteroatoms. The van der Waals surface area contributed by atoms with Gasteiger partial charge in [-0.05, 0) is 33.6 Å². The molecule has 0 heterocycles. The van der Waals surface area contributed by atoms with Crippen LogP contribution in [0.2, 0.25) is 0 Å². The number of unbranched alkanes of at least 4 members (excludes halogenated alkanes) is 1. The number of carbonyl (C=O) groups is 1. The predicted molar refractivity (Wildman–Crippen MR) is 72.8 cm³/mol. The van der Waals surface area contributed by atoms with Gasteiger partial charge in [-0.2, -0.15) is 0 Å². The highest BCUT2D eigenvalue weighted by atomic mass is 16.5. The van der Waals surface area contributed by atoms with Gasteiger partial charge in [-0.25, -0.2) is 0 Å². The van der Waals surface area contributed by atoms with Gasteiger partial charge in [0.15, 0.2) is 0 Å². The van der Waals surface area contributed by atoms with Gasteiger partial charge in [0.1, 0.15) is 0 Å². The molecule has 0 aromatic carbocycles. The number of ether oxygens (including phenoxy) is 1. The first-order valence-electron chi connectivity index (χ1n) is 6.41. The summed E-state index contributed by atoms with van der Waals surface area (Å²) >= 11 is 0. The fourth-order valence-corrected chi connectivity index (χ4v) is 1.38. The van der Waals surface area contributed by atoms with Gasteiger partial charge in [0.2, 0.25) is 0 Å². The monoisotopic (exact) mass is 238 g/mol. The first kappa shape index (κ1) is 16.0. The first-order valence-corrected chi connectivity index (χ1v) is 6.41. The summed E-state index contributed by atoms with van der Waals surface area (Å²) in [6.45, 7) is 12.6. The zero-order valence-electron chi connectivity index (χ0n) is 11.7. The van der Waals surface area contributed by atoms with Gasteiger partial charge >= 0.3 is 5.97 Å². The van der Waals surface area contributed by atoms with Crippen molar-refractivity contribution in [2.75, 3.05) is 6.61 Å². The highest BCUT2D eigenvalue weighted by Gasteiger charge is 2.11.